The summed E-state index contributed by atoms with van der Waals surface area (Å²) in [5.74, 6) is 6.47. The Morgan fingerprint density at radius 3 is 2.32 bits per heavy atom. The van der Waals surface area contributed by atoms with E-state index in [0.29, 0.717) is 6.54 Å². The Balaban J connectivity index is 1.94. The second-order valence-corrected chi connectivity index (χ2v) is 4.99. The van der Waals surface area contributed by atoms with Crippen LogP contribution in [0.4, 0.5) is 4.39 Å². The van der Waals surface area contributed by atoms with Crippen molar-refractivity contribution in [2.75, 3.05) is 6.54 Å². The molecule has 0 saturated heterocycles. The monoisotopic (exact) mass is 271 g/mol. The fraction of sp³-hybridized carbons (Fsp3) is 0.125. The number of benzene rings is 2. The summed E-state index contributed by atoms with van der Waals surface area (Å²) >= 11 is 1.68. The third-order valence-corrected chi connectivity index (χ3v) is 3.59. The Kier molecular flexibility index (Phi) is 5.02. The molecule has 0 heterocycles. The van der Waals surface area contributed by atoms with E-state index in [4.69, 9.17) is 5.73 Å². The van der Waals surface area contributed by atoms with Gasteiger partial charge in [-0.05, 0) is 42.0 Å². The summed E-state index contributed by atoms with van der Waals surface area (Å²) in [4.78, 5) is 1.06. The van der Waals surface area contributed by atoms with Gasteiger partial charge in [0.2, 0.25) is 0 Å². The highest BCUT2D eigenvalue weighted by molar-refractivity contribution is 7.98. The molecule has 96 valence electrons. The predicted molar refractivity (Wildman–Crippen MR) is 78.3 cm³/mol. The Labute approximate surface area is 117 Å². The van der Waals surface area contributed by atoms with E-state index < -0.39 is 0 Å². The SMILES string of the molecule is NCC#Cc1ccc(CSc2ccc(F)cc2)cc1. The van der Waals surface area contributed by atoms with Gasteiger partial charge in [0.15, 0.2) is 0 Å². The van der Waals surface area contributed by atoms with Crippen LogP contribution in [0.3, 0.4) is 0 Å². The van der Waals surface area contributed by atoms with E-state index >= 15 is 0 Å². The normalized spacial score (nSPS) is 9.79. The van der Waals surface area contributed by atoms with Crippen LogP contribution >= 0.6 is 11.8 Å². The van der Waals surface area contributed by atoms with Crippen LogP contribution in [0.2, 0.25) is 0 Å². The highest BCUT2D eigenvalue weighted by atomic mass is 32.2. The molecule has 3 heteroatoms. The largest absolute Gasteiger partial charge is 0.320 e. The number of thioether (sulfide) groups is 1. The third kappa shape index (κ3) is 4.44. The third-order valence-electron chi connectivity index (χ3n) is 2.51. The zero-order chi connectivity index (χ0) is 13.5. The van der Waals surface area contributed by atoms with Crippen molar-refractivity contribution in [3.05, 3.63) is 65.5 Å². The minimum Gasteiger partial charge on any atom is -0.320 e. The van der Waals surface area contributed by atoms with Gasteiger partial charge in [0.25, 0.3) is 0 Å². The van der Waals surface area contributed by atoms with Crippen molar-refractivity contribution in [2.24, 2.45) is 5.73 Å². The molecule has 0 atom stereocenters. The lowest BCUT2D eigenvalue weighted by Gasteiger charge is -2.02. The van der Waals surface area contributed by atoms with E-state index in [9.17, 15) is 4.39 Å². The van der Waals surface area contributed by atoms with Gasteiger partial charge in [0.1, 0.15) is 5.82 Å². The lowest BCUT2D eigenvalue weighted by Crippen LogP contribution is -1.93. The summed E-state index contributed by atoms with van der Waals surface area (Å²) in [5, 5.41) is 0. The molecule has 0 bridgehead atoms. The van der Waals surface area contributed by atoms with Crippen LogP contribution in [0.25, 0.3) is 0 Å². The van der Waals surface area contributed by atoms with Crippen molar-refractivity contribution < 1.29 is 4.39 Å². The second kappa shape index (κ2) is 6.98. The highest BCUT2D eigenvalue weighted by Crippen LogP contribution is 2.22. The molecule has 0 aliphatic rings. The number of hydrogen-bond donors (Lipinski definition) is 1. The lowest BCUT2D eigenvalue weighted by molar-refractivity contribution is 0.626. The van der Waals surface area contributed by atoms with Gasteiger partial charge in [-0.3, -0.25) is 0 Å². The van der Waals surface area contributed by atoms with Crippen molar-refractivity contribution >= 4 is 11.8 Å². The summed E-state index contributed by atoms with van der Waals surface area (Å²) in [6, 6.07) is 14.6. The van der Waals surface area contributed by atoms with Crippen molar-refractivity contribution in [3.8, 4) is 11.8 Å². The zero-order valence-electron chi connectivity index (χ0n) is 10.4. The van der Waals surface area contributed by atoms with Crippen LogP contribution in [-0.2, 0) is 5.75 Å². The van der Waals surface area contributed by atoms with E-state index in [1.165, 1.54) is 17.7 Å². The van der Waals surface area contributed by atoms with E-state index in [2.05, 4.69) is 24.0 Å². The Morgan fingerprint density at radius 1 is 1.00 bits per heavy atom. The van der Waals surface area contributed by atoms with Crippen LogP contribution in [0.15, 0.2) is 53.4 Å². The van der Waals surface area contributed by atoms with Crippen LogP contribution < -0.4 is 5.73 Å². The highest BCUT2D eigenvalue weighted by Gasteiger charge is 1.97. The minimum atomic E-state index is -0.202. The lowest BCUT2D eigenvalue weighted by atomic mass is 10.1. The molecule has 19 heavy (non-hydrogen) atoms. The number of rotatable bonds is 3. The van der Waals surface area contributed by atoms with Crippen LogP contribution in [0, 0.1) is 17.7 Å². The second-order valence-electron chi connectivity index (χ2n) is 3.95. The van der Waals surface area contributed by atoms with E-state index in [0.717, 1.165) is 16.2 Å². The fourth-order valence-electron chi connectivity index (χ4n) is 1.53. The first kappa shape index (κ1) is 13.7. The van der Waals surface area contributed by atoms with Crippen molar-refractivity contribution in [3.63, 3.8) is 0 Å². The smallest absolute Gasteiger partial charge is 0.123 e. The number of nitrogens with two attached hydrogens (primary N) is 1. The molecule has 0 radical (unpaired) electrons. The van der Waals surface area contributed by atoms with Crippen molar-refractivity contribution in [2.45, 2.75) is 10.6 Å². The molecule has 0 aromatic heterocycles. The van der Waals surface area contributed by atoms with Gasteiger partial charge in [0, 0.05) is 16.2 Å². The van der Waals surface area contributed by atoms with E-state index in [1.54, 1.807) is 23.9 Å². The maximum atomic E-state index is 12.8. The topological polar surface area (TPSA) is 26.0 Å². The maximum absolute atomic E-state index is 12.8. The van der Waals surface area contributed by atoms with Crippen LogP contribution in [0.5, 0.6) is 0 Å². The van der Waals surface area contributed by atoms with Crippen LogP contribution in [0.1, 0.15) is 11.1 Å². The van der Waals surface area contributed by atoms with Crippen molar-refractivity contribution in [1.82, 2.24) is 0 Å². The first-order chi connectivity index (χ1) is 9.28. The molecular formula is C16H14FNS. The van der Waals surface area contributed by atoms with Crippen molar-refractivity contribution in [1.29, 1.82) is 0 Å². The molecule has 0 unspecified atom stereocenters. The Morgan fingerprint density at radius 2 is 1.68 bits per heavy atom. The molecule has 2 N–H and O–H groups in total. The van der Waals surface area contributed by atoms with Gasteiger partial charge >= 0.3 is 0 Å². The van der Waals surface area contributed by atoms with E-state index in [-0.39, 0.29) is 5.82 Å². The molecular weight excluding hydrogens is 257 g/mol. The molecule has 0 spiro atoms. The molecule has 2 aromatic rings. The first-order valence-electron chi connectivity index (χ1n) is 5.94. The number of hydrogen-bond acceptors (Lipinski definition) is 2. The summed E-state index contributed by atoms with van der Waals surface area (Å²) in [6.45, 7) is 0.377. The molecule has 0 saturated carbocycles. The molecule has 2 aromatic carbocycles. The first-order valence-corrected chi connectivity index (χ1v) is 6.93. The molecule has 0 amide bonds. The Bertz CT molecular complexity index is 579. The van der Waals surface area contributed by atoms with Gasteiger partial charge in [-0.2, -0.15) is 0 Å². The van der Waals surface area contributed by atoms with Crippen LogP contribution in [-0.4, -0.2) is 6.54 Å². The molecule has 1 nitrogen and oxygen atoms in total. The molecule has 0 aliphatic carbocycles. The van der Waals surface area contributed by atoms with Gasteiger partial charge in [0.05, 0.1) is 6.54 Å². The quantitative estimate of drug-likeness (QED) is 0.683. The predicted octanol–water partition coefficient (Wildman–Crippen LogP) is 3.43. The Hall–Kier alpha value is -1.76. The average Bonchev–Trinajstić information content (AvgIpc) is 2.46. The molecule has 2 rings (SSSR count). The number of halogens is 1. The fourth-order valence-corrected chi connectivity index (χ4v) is 2.39. The van der Waals surface area contributed by atoms with Gasteiger partial charge in [-0.15, -0.1) is 11.8 Å². The summed E-state index contributed by atoms with van der Waals surface area (Å²) < 4.78 is 12.8. The molecule has 0 aliphatic heterocycles. The van der Waals surface area contributed by atoms with Gasteiger partial charge in [-0.25, -0.2) is 4.39 Å². The summed E-state index contributed by atoms with van der Waals surface area (Å²) in [5.41, 5.74) is 7.51. The average molecular weight is 271 g/mol. The van der Waals surface area contributed by atoms with Gasteiger partial charge in [-0.1, -0.05) is 24.0 Å². The van der Waals surface area contributed by atoms with Gasteiger partial charge < -0.3 is 5.73 Å². The summed E-state index contributed by atoms with van der Waals surface area (Å²) in [6.07, 6.45) is 0. The summed E-state index contributed by atoms with van der Waals surface area (Å²) in [7, 11) is 0. The zero-order valence-corrected chi connectivity index (χ0v) is 11.2. The molecule has 0 fully saturated rings. The maximum Gasteiger partial charge on any atom is 0.123 e. The standard InChI is InChI=1S/C16H14FNS/c17-15-7-9-16(10-8-15)19-12-14-5-3-13(4-6-14)2-1-11-18/h3-10H,11-12,18H2. The minimum absolute atomic E-state index is 0.202. The van der Waals surface area contributed by atoms with E-state index in [1.807, 2.05) is 12.1 Å².